The number of aryl methyl sites for hydroxylation is 1. The van der Waals surface area contributed by atoms with Crippen molar-refractivity contribution in [3.8, 4) is 5.75 Å². The summed E-state index contributed by atoms with van der Waals surface area (Å²) >= 11 is 0. The normalized spacial score (nSPS) is 22.7. The summed E-state index contributed by atoms with van der Waals surface area (Å²) < 4.78 is 16.8. The number of rotatable bonds is 10. The first kappa shape index (κ1) is 26.6. The maximum Gasteiger partial charge on any atom is 0.226 e. The van der Waals surface area contributed by atoms with Crippen LogP contribution in [-0.2, 0) is 29.1 Å². The van der Waals surface area contributed by atoms with Crippen molar-refractivity contribution < 1.29 is 23.8 Å². The van der Waals surface area contributed by atoms with Crippen LogP contribution in [0, 0.1) is 12.8 Å². The van der Waals surface area contributed by atoms with Crippen molar-refractivity contribution in [3.05, 3.63) is 47.2 Å². The van der Waals surface area contributed by atoms with E-state index in [9.17, 15) is 9.90 Å². The van der Waals surface area contributed by atoms with Gasteiger partial charge in [-0.2, -0.15) is 0 Å². The summed E-state index contributed by atoms with van der Waals surface area (Å²) in [4.78, 5) is 23.9. The van der Waals surface area contributed by atoms with E-state index in [1.165, 1.54) is 23.9 Å². The van der Waals surface area contributed by atoms with Gasteiger partial charge in [-0.15, -0.1) is 0 Å². The second-order valence-electron chi connectivity index (χ2n) is 10.6. The standard InChI is InChI=1S/C28H39N5O5/c1-18-26(38-17-31-18)16-37-23-7-6-20-14-33(9-8-19(20)10-23)15-22(34)12-30-28(35)24-11-27(29-13-25(24)36-2)32-21-4-3-5-21/h6-7,10,17,21-22,24-25,34H,3-5,8-9,11-16H2,1-2H3,(H,29,32)(H,30,35)/t22-,24?,25?/m0/s1. The zero-order valence-corrected chi connectivity index (χ0v) is 22.3. The van der Waals surface area contributed by atoms with Crippen LogP contribution in [0.1, 0.15) is 48.3 Å². The number of nitrogens with zero attached hydrogens (tertiary/aromatic N) is 3. The van der Waals surface area contributed by atoms with Gasteiger partial charge in [0.15, 0.2) is 12.2 Å². The van der Waals surface area contributed by atoms with Gasteiger partial charge in [0.05, 0.1) is 36.2 Å². The number of hydrogen-bond donors (Lipinski definition) is 3. The molecule has 2 aromatic rings. The van der Waals surface area contributed by atoms with Crippen LogP contribution in [0.2, 0.25) is 0 Å². The van der Waals surface area contributed by atoms with Crippen LogP contribution in [0.25, 0.3) is 0 Å². The maximum absolute atomic E-state index is 13.0. The number of aliphatic hydroxyl groups excluding tert-OH is 1. The molecule has 1 saturated carbocycles. The van der Waals surface area contributed by atoms with Crippen molar-refractivity contribution in [2.24, 2.45) is 10.9 Å². The number of nitrogens with one attached hydrogen (secondary N) is 2. The van der Waals surface area contributed by atoms with E-state index in [2.05, 4.69) is 37.6 Å². The van der Waals surface area contributed by atoms with Crippen molar-refractivity contribution in [1.82, 2.24) is 20.5 Å². The second kappa shape index (κ2) is 12.3. The Morgan fingerprint density at radius 2 is 2.18 bits per heavy atom. The number of β-amino-alcohol motifs (C(OH)–C–C–N with tert-alkyl or cyclic N) is 1. The van der Waals surface area contributed by atoms with Crippen LogP contribution >= 0.6 is 0 Å². The predicted octanol–water partition coefficient (Wildman–Crippen LogP) is 1.97. The van der Waals surface area contributed by atoms with Gasteiger partial charge < -0.3 is 29.6 Å². The topological polar surface area (TPSA) is 121 Å². The average molecular weight is 526 g/mol. The zero-order valence-electron chi connectivity index (χ0n) is 22.3. The predicted molar refractivity (Wildman–Crippen MR) is 142 cm³/mol. The lowest BCUT2D eigenvalue weighted by Gasteiger charge is -2.34. The third-order valence-corrected chi connectivity index (χ3v) is 7.90. The van der Waals surface area contributed by atoms with E-state index in [-0.39, 0.29) is 24.5 Å². The van der Waals surface area contributed by atoms with Crippen LogP contribution in [-0.4, -0.2) is 78.3 Å². The molecule has 1 aromatic heterocycles. The Balaban J connectivity index is 1.07. The van der Waals surface area contributed by atoms with Gasteiger partial charge in [0.25, 0.3) is 0 Å². The molecule has 1 fully saturated rings. The first-order valence-corrected chi connectivity index (χ1v) is 13.6. The lowest BCUT2D eigenvalue weighted by atomic mass is 9.90. The fourth-order valence-corrected chi connectivity index (χ4v) is 5.28. The van der Waals surface area contributed by atoms with E-state index >= 15 is 0 Å². The number of aliphatic hydroxyl groups is 1. The number of ether oxygens (including phenoxy) is 2. The minimum Gasteiger partial charge on any atom is -0.486 e. The van der Waals surface area contributed by atoms with Gasteiger partial charge in [0, 0.05) is 45.8 Å². The molecule has 1 aliphatic carbocycles. The molecule has 3 N–H and O–H groups in total. The highest BCUT2D eigenvalue weighted by atomic mass is 16.5. The molecule has 3 heterocycles. The summed E-state index contributed by atoms with van der Waals surface area (Å²) in [5.41, 5.74) is 3.32. The number of amides is 1. The van der Waals surface area contributed by atoms with Crippen molar-refractivity contribution in [1.29, 1.82) is 0 Å². The Morgan fingerprint density at radius 3 is 2.92 bits per heavy atom. The first-order chi connectivity index (χ1) is 18.5. The minimum atomic E-state index is -0.654. The molecule has 3 aliphatic rings. The number of methoxy groups -OCH3 is 1. The Labute approximate surface area is 223 Å². The molecule has 10 nitrogen and oxygen atoms in total. The van der Waals surface area contributed by atoms with Gasteiger partial charge in [0.2, 0.25) is 5.91 Å². The molecule has 0 spiro atoms. The molecular formula is C28H39N5O5. The lowest BCUT2D eigenvalue weighted by Crippen LogP contribution is -2.50. The quantitative estimate of drug-likeness (QED) is 0.431. The highest BCUT2D eigenvalue weighted by Crippen LogP contribution is 2.25. The van der Waals surface area contributed by atoms with Crippen LogP contribution in [0.5, 0.6) is 5.75 Å². The Morgan fingerprint density at radius 1 is 1.32 bits per heavy atom. The van der Waals surface area contributed by atoms with Crippen LogP contribution in [0.4, 0.5) is 0 Å². The number of carbonyl (C=O) groups is 1. The van der Waals surface area contributed by atoms with Gasteiger partial charge in [-0.1, -0.05) is 6.07 Å². The summed E-state index contributed by atoms with van der Waals surface area (Å²) in [5.74, 6) is 2.05. The molecule has 10 heteroatoms. The Kier molecular flexibility index (Phi) is 8.61. The summed E-state index contributed by atoms with van der Waals surface area (Å²) in [7, 11) is 1.63. The summed E-state index contributed by atoms with van der Waals surface area (Å²) in [6, 6.07) is 6.63. The third kappa shape index (κ3) is 6.54. The smallest absolute Gasteiger partial charge is 0.226 e. The van der Waals surface area contributed by atoms with E-state index in [0.717, 1.165) is 55.4 Å². The van der Waals surface area contributed by atoms with Crippen molar-refractivity contribution in [2.45, 2.75) is 70.4 Å². The van der Waals surface area contributed by atoms with E-state index in [1.54, 1.807) is 7.11 Å². The number of aliphatic imine (C=N–C) groups is 1. The highest BCUT2D eigenvalue weighted by Gasteiger charge is 2.34. The molecule has 3 atom stereocenters. The second-order valence-corrected chi connectivity index (χ2v) is 10.6. The molecule has 5 rings (SSSR count). The van der Waals surface area contributed by atoms with Gasteiger partial charge in [0.1, 0.15) is 12.4 Å². The average Bonchev–Trinajstić information content (AvgIpc) is 3.32. The van der Waals surface area contributed by atoms with Gasteiger partial charge in [-0.25, -0.2) is 4.98 Å². The fraction of sp³-hybridized carbons (Fsp3) is 0.607. The SMILES string of the molecule is COC1CN=C(NC2CCC2)CC1C(=O)NC[C@H](O)CN1CCc2cc(OCc3ocnc3C)ccc2C1. The van der Waals surface area contributed by atoms with E-state index in [1.807, 2.05) is 13.0 Å². The number of fused-ring (bicyclic) bond motifs is 1. The van der Waals surface area contributed by atoms with Gasteiger partial charge >= 0.3 is 0 Å². The van der Waals surface area contributed by atoms with E-state index in [4.69, 9.17) is 13.9 Å². The molecule has 1 aromatic carbocycles. The summed E-state index contributed by atoms with van der Waals surface area (Å²) in [6.45, 7) is 5.03. The number of carbonyl (C=O) groups excluding carboxylic acids is 1. The largest absolute Gasteiger partial charge is 0.486 e. The molecular weight excluding hydrogens is 486 g/mol. The Bertz CT molecular complexity index is 1130. The molecule has 206 valence electrons. The molecule has 38 heavy (non-hydrogen) atoms. The number of oxazole rings is 1. The number of hydrogen-bond acceptors (Lipinski definition) is 9. The monoisotopic (exact) mass is 525 g/mol. The lowest BCUT2D eigenvalue weighted by molar-refractivity contribution is -0.129. The van der Waals surface area contributed by atoms with Crippen molar-refractivity contribution in [2.75, 3.05) is 33.3 Å². The van der Waals surface area contributed by atoms with Crippen molar-refractivity contribution in [3.63, 3.8) is 0 Å². The van der Waals surface area contributed by atoms with Crippen LogP contribution in [0.3, 0.4) is 0 Å². The molecule has 2 unspecified atom stereocenters. The summed E-state index contributed by atoms with van der Waals surface area (Å²) in [6.07, 6.45) is 5.52. The minimum absolute atomic E-state index is 0.0873. The third-order valence-electron chi connectivity index (χ3n) is 7.90. The van der Waals surface area contributed by atoms with Crippen LogP contribution in [0.15, 0.2) is 34.0 Å². The van der Waals surface area contributed by atoms with Gasteiger partial charge in [-0.3, -0.25) is 14.7 Å². The fourth-order valence-electron chi connectivity index (χ4n) is 5.28. The van der Waals surface area contributed by atoms with E-state index < -0.39 is 6.10 Å². The van der Waals surface area contributed by atoms with Crippen LogP contribution < -0.4 is 15.4 Å². The molecule has 0 bridgehead atoms. The maximum atomic E-state index is 13.0. The Hall–Kier alpha value is -2.95. The van der Waals surface area contributed by atoms with E-state index in [0.29, 0.717) is 32.2 Å². The summed E-state index contributed by atoms with van der Waals surface area (Å²) in [5, 5.41) is 17.1. The first-order valence-electron chi connectivity index (χ1n) is 13.6. The van der Waals surface area contributed by atoms with Gasteiger partial charge in [-0.05, 0) is 55.9 Å². The molecule has 1 amide bonds. The number of benzene rings is 1. The van der Waals surface area contributed by atoms with Crippen molar-refractivity contribution >= 4 is 11.7 Å². The molecule has 0 saturated heterocycles. The highest BCUT2D eigenvalue weighted by molar-refractivity contribution is 5.90. The number of amidine groups is 1. The number of aromatic nitrogens is 1. The zero-order chi connectivity index (χ0) is 26.5. The molecule has 0 radical (unpaired) electrons. The molecule has 2 aliphatic heterocycles.